The third-order valence-corrected chi connectivity index (χ3v) is 6.79. The SMILES string of the molecule is CCN(CC)S(=O)(=O)c1cc(C(=O)Nc2ccc(N(C)C)cc2C)ccc1OC. The van der Waals surface area contributed by atoms with Crippen molar-refractivity contribution in [2.75, 3.05) is 44.5 Å². The molecule has 29 heavy (non-hydrogen) atoms. The van der Waals surface area contributed by atoms with E-state index in [4.69, 9.17) is 4.74 Å². The molecule has 0 bridgehead atoms. The van der Waals surface area contributed by atoms with Crippen molar-refractivity contribution < 1.29 is 17.9 Å². The molecule has 0 heterocycles. The van der Waals surface area contributed by atoms with Crippen LogP contribution < -0.4 is 15.0 Å². The number of benzene rings is 2. The lowest BCUT2D eigenvalue weighted by Gasteiger charge is -2.20. The molecule has 2 aromatic carbocycles. The molecule has 0 aromatic heterocycles. The van der Waals surface area contributed by atoms with Crippen molar-refractivity contribution in [2.24, 2.45) is 0 Å². The van der Waals surface area contributed by atoms with Crippen LogP contribution in [0.15, 0.2) is 41.3 Å². The summed E-state index contributed by atoms with van der Waals surface area (Å²) in [7, 11) is 1.53. The lowest BCUT2D eigenvalue weighted by molar-refractivity contribution is 0.102. The van der Waals surface area contributed by atoms with Crippen LogP contribution in [0.5, 0.6) is 5.75 Å². The van der Waals surface area contributed by atoms with Gasteiger partial charge in [0.2, 0.25) is 10.0 Å². The Morgan fingerprint density at radius 3 is 2.24 bits per heavy atom. The molecule has 0 unspecified atom stereocenters. The van der Waals surface area contributed by atoms with E-state index in [1.54, 1.807) is 19.9 Å². The van der Waals surface area contributed by atoms with Gasteiger partial charge in [-0.2, -0.15) is 4.31 Å². The van der Waals surface area contributed by atoms with E-state index in [9.17, 15) is 13.2 Å². The van der Waals surface area contributed by atoms with Gasteiger partial charge in [0.25, 0.3) is 5.91 Å². The largest absolute Gasteiger partial charge is 0.495 e. The van der Waals surface area contributed by atoms with Crippen molar-refractivity contribution in [3.63, 3.8) is 0 Å². The molecule has 8 heteroatoms. The summed E-state index contributed by atoms with van der Waals surface area (Å²) in [5.74, 6) is -0.177. The first kappa shape index (κ1) is 22.7. The lowest BCUT2D eigenvalue weighted by Crippen LogP contribution is -2.31. The Bertz CT molecular complexity index is 983. The number of ether oxygens (including phenoxy) is 1. The monoisotopic (exact) mass is 419 g/mol. The maximum atomic E-state index is 13.0. The molecular formula is C21H29N3O4S. The number of carbonyl (C=O) groups excluding carboxylic acids is 1. The number of carbonyl (C=O) groups is 1. The minimum Gasteiger partial charge on any atom is -0.495 e. The molecule has 2 rings (SSSR count). The maximum absolute atomic E-state index is 13.0. The minimum atomic E-state index is -3.77. The summed E-state index contributed by atoms with van der Waals surface area (Å²) in [5.41, 5.74) is 2.85. The average Bonchev–Trinajstić information content (AvgIpc) is 2.69. The van der Waals surface area contributed by atoms with Gasteiger partial charge in [0.15, 0.2) is 0 Å². The van der Waals surface area contributed by atoms with Crippen LogP contribution in [0.25, 0.3) is 0 Å². The quantitative estimate of drug-likeness (QED) is 0.710. The first-order chi connectivity index (χ1) is 13.6. The number of hydrogen-bond acceptors (Lipinski definition) is 5. The molecule has 0 radical (unpaired) electrons. The topological polar surface area (TPSA) is 79.0 Å². The molecule has 158 valence electrons. The number of sulfonamides is 1. The Morgan fingerprint density at radius 1 is 1.07 bits per heavy atom. The van der Waals surface area contributed by atoms with Gasteiger partial charge in [-0.15, -0.1) is 0 Å². The third kappa shape index (κ3) is 4.89. The second-order valence-electron chi connectivity index (χ2n) is 6.80. The molecule has 7 nitrogen and oxygen atoms in total. The Morgan fingerprint density at radius 2 is 1.72 bits per heavy atom. The summed E-state index contributed by atoms with van der Waals surface area (Å²) in [6, 6.07) is 10.1. The Kier molecular flexibility index (Phi) is 7.26. The van der Waals surface area contributed by atoms with Gasteiger partial charge < -0.3 is 15.0 Å². The van der Waals surface area contributed by atoms with Crippen molar-refractivity contribution in [2.45, 2.75) is 25.7 Å². The van der Waals surface area contributed by atoms with Crippen LogP contribution in [-0.2, 0) is 10.0 Å². The van der Waals surface area contributed by atoms with Crippen molar-refractivity contribution in [1.29, 1.82) is 0 Å². The van der Waals surface area contributed by atoms with Gasteiger partial charge >= 0.3 is 0 Å². The highest BCUT2D eigenvalue weighted by molar-refractivity contribution is 7.89. The summed E-state index contributed by atoms with van der Waals surface area (Å²) in [4.78, 5) is 14.8. The zero-order valence-electron chi connectivity index (χ0n) is 17.8. The fourth-order valence-electron chi connectivity index (χ4n) is 2.98. The molecule has 0 spiro atoms. The van der Waals surface area contributed by atoms with Gasteiger partial charge in [0, 0.05) is 44.1 Å². The average molecular weight is 420 g/mol. The van der Waals surface area contributed by atoms with Gasteiger partial charge in [-0.3, -0.25) is 4.79 Å². The van der Waals surface area contributed by atoms with Crippen LogP contribution >= 0.6 is 0 Å². The molecule has 0 aliphatic heterocycles. The lowest BCUT2D eigenvalue weighted by atomic mass is 10.1. The first-order valence-electron chi connectivity index (χ1n) is 9.43. The van der Waals surface area contributed by atoms with Gasteiger partial charge in [-0.25, -0.2) is 8.42 Å². The molecule has 2 aromatic rings. The van der Waals surface area contributed by atoms with Gasteiger partial charge in [-0.05, 0) is 48.9 Å². The van der Waals surface area contributed by atoms with Crippen LogP contribution in [0.4, 0.5) is 11.4 Å². The zero-order chi connectivity index (χ0) is 21.8. The highest BCUT2D eigenvalue weighted by Crippen LogP contribution is 2.29. The van der Waals surface area contributed by atoms with Crippen LogP contribution in [0.3, 0.4) is 0 Å². The second-order valence-corrected chi connectivity index (χ2v) is 8.71. The number of methoxy groups -OCH3 is 1. The number of nitrogens with one attached hydrogen (secondary N) is 1. The normalized spacial score (nSPS) is 11.4. The molecule has 0 saturated heterocycles. The molecule has 0 fully saturated rings. The van der Waals surface area contributed by atoms with Crippen molar-refractivity contribution in [3.8, 4) is 5.75 Å². The van der Waals surface area contributed by atoms with E-state index in [1.807, 2.05) is 44.1 Å². The van der Waals surface area contributed by atoms with Crippen molar-refractivity contribution in [3.05, 3.63) is 47.5 Å². The summed E-state index contributed by atoms with van der Waals surface area (Å²) in [5, 5.41) is 2.86. The number of nitrogens with zero attached hydrogens (tertiary/aromatic N) is 2. The minimum absolute atomic E-state index is 0.0176. The molecule has 0 aliphatic carbocycles. The highest BCUT2D eigenvalue weighted by atomic mass is 32.2. The molecule has 0 aliphatic rings. The predicted octanol–water partition coefficient (Wildman–Crippen LogP) is 3.35. The van der Waals surface area contributed by atoms with Crippen LogP contribution in [0.1, 0.15) is 29.8 Å². The summed E-state index contributed by atoms with van der Waals surface area (Å²) < 4.78 is 32.5. The number of amides is 1. The Balaban J connectivity index is 2.40. The third-order valence-electron chi connectivity index (χ3n) is 4.72. The molecule has 1 N–H and O–H groups in total. The molecule has 0 saturated carbocycles. The standard InChI is InChI=1S/C21H29N3O4S/c1-7-24(8-2)29(26,27)20-14-16(9-12-19(20)28-6)21(25)22-18-11-10-17(23(4)5)13-15(18)3/h9-14H,7-8H2,1-6H3,(H,22,25). The zero-order valence-corrected chi connectivity index (χ0v) is 18.6. The van der Waals surface area contributed by atoms with E-state index in [0.29, 0.717) is 18.8 Å². The van der Waals surface area contributed by atoms with E-state index in [2.05, 4.69) is 5.32 Å². The van der Waals surface area contributed by atoms with Crippen molar-refractivity contribution in [1.82, 2.24) is 4.31 Å². The van der Waals surface area contributed by atoms with Gasteiger partial charge in [0.05, 0.1) is 7.11 Å². The predicted molar refractivity (Wildman–Crippen MR) is 117 cm³/mol. The number of anilines is 2. The maximum Gasteiger partial charge on any atom is 0.255 e. The van der Waals surface area contributed by atoms with E-state index >= 15 is 0 Å². The number of aryl methyl sites for hydroxylation is 1. The van der Waals surface area contributed by atoms with E-state index < -0.39 is 10.0 Å². The van der Waals surface area contributed by atoms with E-state index in [0.717, 1.165) is 11.3 Å². The van der Waals surface area contributed by atoms with Crippen LogP contribution in [0.2, 0.25) is 0 Å². The summed E-state index contributed by atoms with van der Waals surface area (Å²) in [6.07, 6.45) is 0. The molecule has 1 amide bonds. The number of hydrogen-bond donors (Lipinski definition) is 1. The Labute approximate surface area is 173 Å². The highest BCUT2D eigenvalue weighted by Gasteiger charge is 2.27. The van der Waals surface area contributed by atoms with E-state index in [1.165, 1.54) is 23.5 Å². The first-order valence-corrected chi connectivity index (χ1v) is 10.9. The second kappa shape index (κ2) is 9.28. The Hall–Kier alpha value is -2.58. The van der Waals surface area contributed by atoms with E-state index in [-0.39, 0.29) is 22.1 Å². The molecule has 0 atom stereocenters. The summed E-state index contributed by atoms with van der Waals surface area (Å²) >= 11 is 0. The van der Waals surface area contributed by atoms with Crippen molar-refractivity contribution >= 4 is 27.3 Å². The van der Waals surface area contributed by atoms with Crippen LogP contribution in [0, 0.1) is 6.92 Å². The smallest absolute Gasteiger partial charge is 0.255 e. The van der Waals surface area contributed by atoms with Crippen LogP contribution in [-0.4, -0.2) is 52.9 Å². The summed E-state index contributed by atoms with van der Waals surface area (Å²) in [6.45, 7) is 6.10. The number of rotatable bonds is 8. The van der Waals surface area contributed by atoms with Gasteiger partial charge in [0.1, 0.15) is 10.6 Å². The molecular weight excluding hydrogens is 390 g/mol. The fourth-order valence-corrected chi connectivity index (χ4v) is 4.62. The fraction of sp³-hybridized carbons (Fsp3) is 0.381. The van der Waals surface area contributed by atoms with Gasteiger partial charge in [-0.1, -0.05) is 13.8 Å².